The summed E-state index contributed by atoms with van der Waals surface area (Å²) >= 11 is 6.07. The Labute approximate surface area is 123 Å². The van der Waals surface area contributed by atoms with Gasteiger partial charge in [-0.05, 0) is 30.2 Å². The molecule has 0 fully saturated rings. The Morgan fingerprint density at radius 2 is 1.95 bits per heavy atom. The number of nitrogens with two attached hydrogens (primary N) is 1. The van der Waals surface area contributed by atoms with Crippen LogP contribution in [0.4, 0.5) is 11.4 Å². The number of halogens is 1. The fourth-order valence-corrected chi connectivity index (χ4v) is 2.26. The van der Waals surface area contributed by atoms with Crippen molar-refractivity contribution >= 4 is 28.9 Å². The largest absolute Gasteiger partial charge is 0.398 e. The molecule has 20 heavy (non-hydrogen) atoms. The van der Waals surface area contributed by atoms with Gasteiger partial charge in [0.15, 0.2) is 0 Å². The summed E-state index contributed by atoms with van der Waals surface area (Å²) in [4.78, 5) is 12.3. The highest BCUT2D eigenvalue weighted by atomic mass is 35.5. The van der Waals surface area contributed by atoms with Gasteiger partial charge < -0.3 is 11.1 Å². The lowest BCUT2D eigenvalue weighted by atomic mass is 10.1. The van der Waals surface area contributed by atoms with Crippen molar-refractivity contribution < 1.29 is 4.79 Å². The molecule has 4 heteroatoms. The Hall–Kier alpha value is -2.00. The third-order valence-corrected chi connectivity index (χ3v) is 3.48. The van der Waals surface area contributed by atoms with E-state index in [1.54, 1.807) is 18.2 Å². The van der Waals surface area contributed by atoms with Crippen LogP contribution < -0.4 is 11.1 Å². The third-order valence-electron chi connectivity index (χ3n) is 3.06. The number of anilines is 2. The number of rotatable bonds is 4. The Balaban J connectivity index is 2.26. The fraction of sp³-hybridized carbons (Fsp3) is 0.188. The summed E-state index contributed by atoms with van der Waals surface area (Å²) in [5, 5.41) is 3.19. The predicted molar refractivity (Wildman–Crippen MR) is 84.3 cm³/mol. The lowest BCUT2D eigenvalue weighted by Crippen LogP contribution is -2.14. The first-order valence-corrected chi connectivity index (χ1v) is 6.94. The molecule has 0 aliphatic carbocycles. The highest BCUT2D eigenvalue weighted by Gasteiger charge is 2.13. The zero-order valence-corrected chi connectivity index (χ0v) is 12.1. The molecule has 0 spiro atoms. The molecule has 0 saturated heterocycles. The van der Waals surface area contributed by atoms with E-state index in [4.69, 9.17) is 17.3 Å². The number of carbonyl (C=O) groups excluding carboxylic acids is 1. The van der Waals surface area contributed by atoms with Gasteiger partial charge in [-0.25, -0.2) is 0 Å². The standard InChI is InChI=1S/C16H17ClN2O/c1-2-6-11-7-3-4-10-14(11)19-16(20)12-8-5-9-13(18)15(12)17/h3-5,7-10H,2,6,18H2,1H3,(H,19,20). The molecular weight excluding hydrogens is 272 g/mol. The normalized spacial score (nSPS) is 10.3. The van der Waals surface area contributed by atoms with E-state index in [0.717, 1.165) is 24.1 Å². The number of carbonyl (C=O) groups is 1. The fourth-order valence-electron chi connectivity index (χ4n) is 2.04. The van der Waals surface area contributed by atoms with Crippen LogP contribution in [-0.4, -0.2) is 5.91 Å². The van der Waals surface area contributed by atoms with Crippen LogP contribution in [-0.2, 0) is 6.42 Å². The number of para-hydroxylation sites is 1. The minimum atomic E-state index is -0.245. The van der Waals surface area contributed by atoms with Gasteiger partial charge in [0.2, 0.25) is 0 Å². The Morgan fingerprint density at radius 3 is 2.70 bits per heavy atom. The molecule has 0 aromatic heterocycles. The van der Waals surface area contributed by atoms with Gasteiger partial charge >= 0.3 is 0 Å². The third kappa shape index (κ3) is 3.11. The van der Waals surface area contributed by atoms with Crippen LogP contribution in [0.3, 0.4) is 0 Å². The first-order chi connectivity index (χ1) is 9.63. The maximum Gasteiger partial charge on any atom is 0.257 e. The molecule has 0 aliphatic heterocycles. The van der Waals surface area contributed by atoms with Crippen LogP contribution in [0.1, 0.15) is 29.3 Å². The van der Waals surface area contributed by atoms with Crippen molar-refractivity contribution in [1.82, 2.24) is 0 Å². The SMILES string of the molecule is CCCc1ccccc1NC(=O)c1cccc(N)c1Cl. The smallest absolute Gasteiger partial charge is 0.257 e. The molecule has 0 heterocycles. The summed E-state index contributed by atoms with van der Waals surface area (Å²) in [6, 6.07) is 12.8. The van der Waals surface area contributed by atoms with Crippen LogP contribution in [0.5, 0.6) is 0 Å². The average molecular weight is 289 g/mol. The highest BCUT2D eigenvalue weighted by Crippen LogP contribution is 2.25. The van der Waals surface area contributed by atoms with Crippen LogP contribution in [0.2, 0.25) is 5.02 Å². The number of nitrogen functional groups attached to an aromatic ring is 1. The van der Waals surface area contributed by atoms with Crippen LogP contribution >= 0.6 is 11.6 Å². The number of hydrogen-bond donors (Lipinski definition) is 2. The molecule has 0 saturated carbocycles. The number of benzene rings is 2. The minimum Gasteiger partial charge on any atom is -0.398 e. The monoisotopic (exact) mass is 288 g/mol. The van der Waals surface area contributed by atoms with E-state index in [9.17, 15) is 4.79 Å². The zero-order valence-electron chi connectivity index (χ0n) is 11.3. The molecular formula is C16H17ClN2O. The van der Waals surface area contributed by atoms with Gasteiger partial charge in [-0.15, -0.1) is 0 Å². The van der Waals surface area contributed by atoms with E-state index in [1.807, 2.05) is 24.3 Å². The van der Waals surface area contributed by atoms with Crippen molar-refractivity contribution in [2.24, 2.45) is 0 Å². The van der Waals surface area contributed by atoms with Crippen molar-refractivity contribution in [2.45, 2.75) is 19.8 Å². The average Bonchev–Trinajstić information content (AvgIpc) is 2.44. The van der Waals surface area contributed by atoms with E-state index in [1.165, 1.54) is 0 Å². The van der Waals surface area contributed by atoms with E-state index in [-0.39, 0.29) is 10.9 Å². The van der Waals surface area contributed by atoms with Gasteiger partial charge in [0.1, 0.15) is 0 Å². The van der Waals surface area contributed by atoms with Gasteiger partial charge in [-0.1, -0.05) is 49.2 Å². The Bertz CT molecular complexity index is 626. The topological polar surface area (TPSA) is 55.1 Å². The van der Waals surface area contributed by atoms with Gasteiger partial charge in [0, 0.05) is 5.69 Å². The number of amides is 1. The van der Waals surface area contributed by atoms with E-state index in [0.29, 0.717) is 11.3 Å². The van der Waals surface area contributed by atoms with E-state index in [2.05, 4.69) is 12.2 Å². The lowest BCUT2D eigenvalue weighted by molar-refractivity contribution is 0.102. The zero-order chi connectivity index (χ0) is 14.5. The van der Waals surface area contributed by atoms with Crippen LogP contribution in [0.25, 0.3) is 0 Å². The molecule has 2 aromatic carbocycles. The number of hydrogen-bond acceptors (Lipinski definition) is 2. The maximum absolute atomic E-state index is 12.3. The number of nitrogens with one attached hydrogen (secondary N) is 1. The first-order valence-electron chi connectivity index (χ1n) is 6.56. The Kier molecular flexibility index (Phi) is 4.64. The van der Waals surface area contributed by atoms with Crippen molar-refractivity contribution in [1.29, 1.82) is 0 Å². The second kappa shape index (κ2) is 6.44. The van der Waals surface area contributed by atoms with Gasteiger partial charge in [-0.2, -0.15) is 0 Å². The molecule has 0 unspecified atom stereocenters. The molecule has 2 aromatic rings. The molecule has 0 bridgehead atoms. The predicted octanol–water partition coefficient (Wildman–Crippen LogP) is 4.13. The second-order valence-corrected chi connectivity index (χ2v) is 4.95. The molecule has 3 nitrogen and oxygen atoms in total. The minimum absolute atomic E-state index is 0.245. The summed E-state index contributed by atoms with van der Waals surface area (Å²) in [6.45, 7) is 2.10. The summed E-state index contributed by atoms with van der Waals surface area (Å²) in [7, 11) is 0. The molecule has 0 aliphatic rings. The summed E-state index contributed by atoms with van der Waals surface area (Å²) in [5.41, 5.74) is 8.44. The molecule has 0 atom stereocenters. The highest BCUT2D eigenvalue weighted by molar-refractivity contribution is 6.36. The first kappa shape index (κ1) is 14.4. The maximum atomic E-state index is 12.3. The van der Waals surface area contributed by atoms with Crippen molar-refractivity contribution in [3.63, 3.8) is 0 Å². The van der Waals surface area contributed by atoms with Crippen molar-refractivity contribution in [3.05, 3.63) is 58.6 Å². The van der Waals surface area contributed by atoms with Crippen molar-refractivity contribution in [2.75, 3.05) is 11.1 Å². The molecule has 2 rings (SSSR count). The molecule has 0 radical (unpaired) electrons. The summed E-state index contributed by atoms with van der Waals surface area (Å²) in [6.07, 6.45) is 1.94. The van der Waals surface area contributed by atoms with Crippen LogP contribution in [0, 0.1) is 0 Å². The van der Waals surface area contributed by atoms with Gasteiger partial charge in [-0.3, -0.25) is 4.79 Å². The molecule has 3 N–H and O–H groups in total. The quantitative estimate of drug-likeness (QED) is 0.831. The molecule has 104 valence electrons. The van der Waals surface area contributed by atoms with E-state index >= 15 is 0 Å². The summed E-state index contributed by atoms with van der Waals surface area (Å²) in [5.74, 6) is -0.245. The molecule has 1 amide bonds. The van der Waals surface area contributed by atoms with Gasteiger partial charge in [0.25, 0.3) is 5.91 Å². The lowest BCUT2D eigenvalue weighted by Gasteiger charge is -2.11. The van der Waals surface area contributed by atoms with Crippen LogP contribution in [0.15, 0.2) is 42.5 Å². The van der Waals surface area contributed by atoms with Crippen molar-refractivity contribution in [3.8, 4) is 0 Å². The van der Waals surface area contributed by atoms with Gasteiger partial charge in [0.05, 0.1) is 16.3 Å². The second-order valence-electron chi connectivity index (χ2n) is 4.57. The summed E-state index contributed by atoms with van der Waals surface area (Å²) < 4.78 is 0. The Morgan fingerprint density at radius 1 is 1.20 bits per heavy atom. The van der Waals surface area contributed by atoms with E-state index < -0.39 is 0 Å². The number of aryl methyl sites for hydroxylation is 1.